The number of nitrogens with zero attached hydrogens (tertiary/aromatic N) is 1. The average molecular weight is 123 g/mol. The lowest BCUT2D eigenvalue weighted by Gasteiger charge is -2.01. The van der Waals surface area contributed by atoms with Crippen LogP contribution < -0.4 is 0 Å². The molecule has 0 aliphatic heterocycles. The highest BCUT2D eigenvalue weighted by molar-refractivity contribution is 5.25. The fourth-order valence-corrected chi connectivity index (χ4v) is 0.354. The first kappa shape index (κ1) is 8.15. The normalized spacial score (nSPS) is 13.6. The van der Waals surface area contributed by atoms with Gasteiger partial charge < -0.3 is 0 Å². The molecule has 1 nitrogen and oxygen atoms in total. The summed E-state index contributed by atoms with van der Waals surface area (Å²) < 4.78 is 0. The van der Waals surface area contributed by atoms with Gasteiger partial charge in [0.2, 0.25) is 0 Å². The molecule has 50 valence electrons. The van der Waals surface area contributed by atoms with Gasteiger partial charge in [0.25, 0.3) is 0 Å². The highest BCUT2D eigenvalue weighted by Gasteiger charge is 1.93. The Hall–Kier alpha value is -0.850. The van der Waals surface area contributed by atoms with Crippen molar-refractivity contribution >= 4 is 6.72 Å². The van der Waals surface area contributed by atoms with E-state index in [1.165, 1.54) is 0 Å². The van der Waals surface area contributed by atoms with Gasteiger partial charge in [-0.2, -0.15) is 0 Å². The summed E-state index contributed by atoms with van der Waals surface area (Å²) in [5, 5.41) is 0. The van der Waals surface area contributed by atoms with Crippen molar-refractivity contribution in [2.45, 2.75) is 13.8 Å². The van der Waals surface area contributed by atoms with E-state index < -0.39 is 0 Å². The molecule has 0 rings (SSSR count). The van der Waals surface area contributed by atoms with E-state index in [2.05, 4.69) is 25.2 Å². The van der Waals surface area contributed by atoms with E-state index in [0.717, 1.165) is 5.57 Å². The van der Waals surface area contributed by atoms with Gasteiger partial charge in [0.15, 0.2) is 0 Å². The molecule has 0 aliphatic rings. The van der Waals surface area contributed by atoms with Crippen molar-refractivity contribution in [3.05, 3.63) is 24.4 Å². The fraction of sp³-hybridized carbons (Fsp3) is 0.375. The van der Waals surface area contributed by atoms with Gasteiger partial charge in [-0.3, -0.25) is 4.99 Å². The average Bonchev–Trinajstić information content (AvgIpc) is 1.82. The number of allylic oxidation sites excluding steroid dienone is 2. The van der Waals surface area contributed by atoms with E-state index >= 15 is 0 Å². The van der Waals surface area contributed by atoms with E-state index in [1.54, 1.807) is 6.20 Å². The largest absolute Gasteiger partial charge is 0.273 e. The Labute approximate surface area is 56.8 Å². The summed E-state index contributed by atoms with van der Waals surface area (Å²) in [4.78, 5) is 3.59. The zero-order valence-corrected chi connectivity index (χ0v) is 6.09. The third-order valence-electron chi connectivity index (χ3n) is 1.26. The minimum absolute atomic E-state index is 0.412. The number of hydrogen-bond acceptors (Lipinski definition) is 1. The van der Waals surface area contributed by atoms with E-state index in [-0.39, 0.29) is 0 Å². The summed E-state index contributed by atoms with van der Waals surface area (Å²) in [5.74, 6) is 0.412. The van der Waals surface area contributed by atoms with Crippen LogP contribution in [0.25, 0.3) is 0 Å². The summed E-state index contributed by atoms with van der Waals surface area (Å²) >= 11 is 0. The van der Waals surface area contributed by atoms with Gasteiger partial charge in [0.1, 0.15) is 0 Å². The van der Waals surface area contributed by atoms with Gasteiger partial charge in [-0.05, 0) is 19.6 Å². The maximum absolute atomic E-state index is 3.79. The molecule has 0 fully saturated rings. The zero-order chi connectivity index (χ0) is 7.28. The molecule has 0 aromatic heterocycles. The van der Waals surface area contributed by atoms with Gasteiger partial charge in [0.05, 0.1) is 0 Å². The standard InChI is InChI=1S/C8H13N/c1-7(2)8(3)5-6-9-4/h5-6,8H,1,4H2,2-3H3/b6-5-. The predicted octanol–water partition coefficient (Wildman–Crippen LogP) is 2.41. The Bertz CT molecular complexity index is 134. The molecule has 0 aromatic rings. The minimum Gasteiger partial charge on any atom is -0.273 e. The summed E-state index contributed by atoms with van der Waals surface area (Å²) in [6.07, 6.45) is 3.66. The molecule has 0 saturated carbocycles. The molecule has 0 aromatic carbocycles. The van der Waals surface area contributed by atoms with Crippen LogP contribution in [0.15, 0.2) is 29.4 Å². The van der Waals surface area contributed by atoms with Crippen LogP contribution >= 0.6 is 0 Å². The van der Waals surface area contributed by atoms with Crippen LogP contribution in [0.1, 0.15) is 13.8 Å². The Morgan fingerprint density at radius 1 is 1.67 bits per heavy atom. The molecule has 0 heterocycles. The van der Waals surface area contributed by atoms with E-state index in [4.69, 9.17) is 0 Å². The van der Waals surface area contributed by atoms with E-state index in [1.807, 2.05) is 13.0 Å². The molecule has 0 bridgehead atoms. The predicted molar refractivity (Wildman–Crippen MR) is 42.7 cm³/mol. The molecular formula is C8H13N. The third-order valence-corrected chi connectivity index (χ3v) is 1.26. The van der Waals surface area contributed by atoms with E-state index in [9.17, 15) is 0 Å². The Balaban J connectivity index is 3.75. The number of hydrogen-bond donors (Lipinski definition) is 0. The Kier molecular flexibility index (Phi) is 3.69. The molecule has 1 atom stereocenters. The van der Waals surface area contributed by atoms with Gasteiger partial charge in [0, 0.05) is 6.20 Å². The first-order chi connectivity index (χ1) is 4.18. The third kappa shape index (κ3) is 3.71. The van der Waals surface area contributed by atoms with Crippen molar-refractivity contribution in [3.63, 3.8) is 0 Å². The molecule has 0 aliphatic carbocycles. The highest BCUT2D eigenvalue weighted by atomic mass is 14.6. The lowest BCUT2D eigenvalue weighted by Crippen LogP contribution is -1.87. The van der Waals surface area contributed by atoms with Gasteiger partial charge in [-0.25, -0.2) is 0 Å². The van der Waals surface area contributed by atoms with Crippen LogP contribution in [0.3, 0.4) is 0 Å². The Morgan fingerprint density at radius 3 is 2.56 bits per heavy atom. The molecular weight excluding hydrogens is 110 g/mol. The summed E-state index contributed by atoms with van der Waals surface area (Å²) in [5.41, 5.74) is 1.15. The van der Waals surface area contributed by atoms with E-state index in [0.29, 0.717) is 5.92 Å². The van der Waals surface area contributed by atoms with Gasteiger partial charge in [-0.1, -0.05) is 25.2 Å². The van der Waals surface area contributed by atoms with Crippen molar-refractivity contribution in [1.82, 2.24) is 0 Å². The lowest BCUT2D eigenvalue weighted by atomic mass is 10.1. The smallest absolute Gasteiger partial charge is 0.0226 e. The molecule has 0 amide bonds. The Morgan fingerprint density at radius 2 is 2.22 bits per heavy atom. The van der Waals surface area contributed by atoms with Crippen molar-refractivity contribution in [3.8, 4) is 0 Å². The van der Waals surface area contributed by atoms with Crippen LogP contribution in [0.4, 0.5) is 0 Å². The summed E-state index contributed by atoms with van der Waals surface area (Å²) in [6.45, 7) is 11.2. The molecule has 0 spiro atoms. The molecule has 1 heteroatoms. The molecule has 0 saturated heterocycles. The molecule has 0 radical (unpaired) electrons. The van der Waals surface area contributed by atoms with Crippen LogP contribution in [0, 0.1) is 5.92 Å². The van der Waals surface area contributed by atoms with Crippen molar-refractivity contribution in [1.29, 1.82) is 0 Å². The van der Waals surface area contributed by atoms with Crippen LogP contribution in [-0.4, -0.2) is 6.72 Å². The second-order valence-corrected chi connectivity index (χ2v) is 2.16. The maximum atomic E-state index is 3.79. The van der Waals surface area contributed by atoms with Gasteiger partial charge >= 0.3 is 0 Å². The monoisotopic (exact) mass is 123 g/mol. The SMILES string of the molecule is C=N/C=C\C(C)C(=C)C. The van der Waals surface area contributed by atoms with Crippen molar-refractivity contribution < 1.29 is 0 Å². The highest BCUT2D eigenvalue weighted by Crippen LogP contribution is 2.07. The minimum atomic E-state index is 0.412. The summed E-state index contributed by atoms with van der Waals surface area (Å²) in [7, 11) is 0. The summed E-state index contributed by atoms with van der Waals surface area (Å²) in [6, 6.07) is 0. The lowest BCUT2D eigenvalue weighted by molar-refractivity contribution is 0.865. The fourth-order valence-electron chi connectivity index (χ4n) is 0.354. The quantitative estimate of drug-likeness (QED) is 0.403. The molecule has 0 N–H and O–H groups in total. The van der Waals surface area contributed by atoms with Crippen LogP contribution in [-0.2, 0) is 0 Å². The molecule has 9 heavy (non-hydrogen) atoms. The number of rotatable bonds is 3. The second-order valence-electron chi connectivity index (χ2n) is 2.16. The van der Waals surface area contributed by atoms with Gasteiger partial charge in [-0.15, -0.1) is 0 Å². The van der Waals surface area contributed by atoms with Crippen molar-refractivity contribution in [2.75, 3.05) is 0 Å². The second kappa shape index (κ2) is 4.07. The topological polar surface area (TPSA) is 12.4 Å². The first-order valence-electron chi connectivity index (χ1n) is 2.96. The van der Waals surface area contributed by atoms with Crippen molar-refractivity contribution in [2.24, 2.45) is 10.9 Å². The van der Waals surface area contributed by atoms with Crippen LogP contribution in [0.2, 0.25) is 0 Å². The number of aliphatic imine (C=N–C) groups is 1. The van der Waals surface area contributed by atoms with Crippen LogP contribution in [0.5, 0.6) is 0 Å². The first-order valence-corrected chi connectivity index (χ1v) is 2.96. The zero-order valence-electron chi connectivity index (χ0n) is 6.09. The molecule has 1 unspecified atom stereocenters. The maximum Gasteiger partial charge on any atom is 0.0226 e.